The van der Waals surface area contributed by atoms with Gasteiger partial charge in [0.25, 0.3) is 0 Å². The number of carboxylic acids is 1. The summed E-state index contributed by atoms with van der Waals surface area (Å²) < 4.78 is 17.3. The van der Waals surface area contributed by atoms with Crippen molar-refractivity contribution in [2.24, 2.45) is 5.41 Å². The molecule has 0 saturated heterocycles. The van der Waals surface area contributed by atoms with Crippen LogP contribution in [0.4, 0.5) is 4.39 Å². The van der Waals surface area contributed by atoms with Crippen LogP contribution >= 0.6 is 0 Å². The van der Waals surface area contributed by atoms with Gasteiger partial charge in [0.1, 0.15) is 12.1 Å². The Morgan fingerprint density at radius 2 is 1.82 bits per heavy atom. The lowest BCUT2D eigenvalue weighted by molar-refractivity contribution is -0.147. The molecule has 1 heterocycles. The summed E-state index contributed by atoms with van der Waals surface area (Å²) >= 11 is 0. The highest BCUT2D eigenvalue weighted by Crippen LogP contribution is 2.31. The third-order valence-electron chi connectivity index (χ3n) is 7.57. The number of aliphatic carboxylic acids is 1. The predicted molar refractivity (Wildman–Crippen MR) is 146 cm³/mol. The molecule has 0 unspecified atom stereocenters. The largest absolute Gasteiger partial charge is 0.481 e. The highest BCUT2D eigenvalue weighted by Gasteiger charge is 2.27. The summed E-state index contributed by atoms with van der Waals surface area (Å²) in [7, 11) is 0. The SMILES string of the molecule is Cc1cc(-c2ncn(CCC(C)(C)C(=O)O)n2)ccc1-c1cccc(CNC2Cc3ccccc3C2)c1F. The van der Waals surface area contributed by atoms with E-state index in [2.05, 4.69) is 39.7 Å². The number of hydrogen-bond acceptors (Lipinski definition) is 4. The number of fused-ring (bicyclic) bond motifs is 1. The first-order valence-corrected chi connectivity index (χ1v) is 13.0. The number of benzene rings is 3. The minimum Gasteiger partial charge on any atom is -0.481 e. The molecule has 0 bridgehead atoms. The Morgan fingerprint density at radius 3 is 2.50 bits per heavy atom. The lowest BCUT2D eigenvalue weighted by Gasteiger charge is -2.18. The van der Waals surface area contributed by atoms with E-state index in [9.17, 15) is 9.90 Å². The molecule has 0 atom stereocenters. The van der Waals surface area contributed by atoms with Crippen molar-refractivity contribution in [2.75, 3.05) is 0 Å². The lowest BCUT2D eigenvalue weighted by Crippen LogP contribution is -2.29. The van der Waals surface area contributed by atoms with E-state index in [1.807, 2.05) is 43.3 Å². The Hall–Kier alpha value is -3.84. The van der Waals surface area contributed by atoms with Gasteiger partial charge in [-0.2, -0.15) is 5.10 Å². The molecule has 38 heavy (non-hydrogen) atoms. The van der Waals surface area contributed by atoms with Crippen LogP contribution in [0, 0.1) is 18.2 Å². The molecule has 0 fully saturated rings. The molecule has 1 aliphatic rings. The molecule has 4 aromatic rings. The highest BCUT2D eigenvalue weighted by atomic mass is 19.1. The van der Waals surface area contributed by atoms with Gasteiger partial charge >= 0.3 is 5.97 Å². The van der Waals surface area contributed by atoms with E-state index >= 15 is 4.39 Å². The second-order valence-electron chi connectivity index (χ2n) is 10.8. The molecule has 5 rings (SSSR count). The second kappa shape index (κ2) is 10.5. The number of aromatic nitrogens is 3. The molecular weight excluding hydrogens is 479 g/mol. The summed E-state index contributed by atoms with van der Waals surface area (Å²) in [5.41, 5.74) is 5.76. The fourth-order valence-corrected chi connectivity index (χ4v) is 5.02. The molecular formula is C31H33FN4O2. The number of aryl methyl sites for hydroxylation is 2. The van der Waals surface area contributed by atoms with Gasteiger partial charge in [-0.15, -0.1) is 0 Å². The number of carbonyl (C=O) groups is 1. The van der Waals surface area contributed by atoms with Crippen LogP contribution in [0.15, 0.2) is 67.0 Å². The van der Waals surface area contributed by atoms with Crippen LogP contribution in [-0.2, 0) is 30.7 Å². The van der Waals surface area contributed by atoms with Crippen molar-refractivity contribution in [2.45, 2.75) is 59.2 Å². The maximum absolute atomic E-state index is 15.6. The zero-order chi connectivity index (χ0) is 26.9. The van der Waals surface area contributed by atoms with Crippen molar-refractivity contribution in [3.63, 3.8) is 0 Å². The zero-order valence-corrected chi connectivity index (χ0v) is 22.0. The second-order valence-corrected chi connectivity index (χ2v) is 10.8. The van der Waals surface area contributed by atoms with Crippen LogP contribution < -0.4 is 5.32 Å². The molecule has 6 nitrogen and oxygen atoms in total. The van der Waals surface area contributed by atoms with E-state index in [0.717, 1.165) is 29.5 Å². The van der Waals surface area contributed by atoms with Gasteiger partial charge in [0.2, 0.25) is 0 Å². The molecule has 0 amide bonds. The van der Waals surface area contributed by atoms with Crippen molar-refractivity contribution in [3.05, 3.63) is 95.1 Å². The molecule has 196 valence electrons. The standard InChI is InChI=1S/C31H33FN4O2/c1-20-15-23(29-34-19-36(35-29)14-13-31(2,3)30(37)38)11-12-26(20)27-10-6-9-24(28(27)32)18-33-25-16-21-7-4-5-8-22(21)17-25/h4-12,15,19,25,33H,13-14,16-18H2,1-3H3,(H,37,38). The van der Waals surface area contributed by atoms with Gasteiger partial charge in [0.15, 0.2) is 5.82 Å². The molecule has 1 aromatic heterocycles. The Kier molecular flexibility index (Phi) is 7.13. The summed E-state index contributed by atoms with van der Waals surface area (Å²) in [4.78, 5) is 15.8. The lowest BCUT2D eigenvalue weighted by atomic mass is 9.90. The van der Waals surface area contributed by atoms with Gasteiger partial charge < -0.3 is 10.4 Å². The highest BCUT2D eigenvalue weighted by molar-refractivity contribution is 5.73. The quantitative estimate of drug-likeness (QED) is 0.296. The van der Waals surface area contributed by atoms with Crippen molar-refractivity contribution in [1.29, 1.82) is 0 Å². The van der Waals surface area contributed by atoms with Gasteiger partial charge in [-0.3, -0.25) is 9.48 Å². The van der Waals surface area contributed by atoms with Crippen LogP contribution in [0.3, 0.4) is 0 Å². The van der Waals surface area contributed by atoms with Crippen LogP contribution in [0.1, 0.15) is 42.5 Å². The first-order chi connectivity index (χ1) is 18.2. The summed E-state index contributed by atoms with van der Waals surface area (Å²) in [6, 6.07) is 20.2. The summed E-state index contributed by atoms with van der Waals surface area (Å²) in [6.07, 6.45) is 4.01. The minimum atomic E-state index is -0.833. The molecule has 7 heteroatoms. The first-order valence-electron chi connectivity index (χ1n) is 13.0. The topological polar surface area (TPSA) is 80.0 Å². The van der Waals surface area contributed by atoms with E-state index in [-0.39, 0.29) is 5.82 Å². The smallest absolute Gasteiger partial charge is 0.309 e. The van der Waals surface area contributed by atoms with E-state index in [1.54, 1.807) is 24.9 Å². The Bertz CT molecular complexity index is 1450. The van der Waals surface area contributed by atoms with E-state index < -0.39 is 11.4 Å². The predicted octanol–water partition coefficient (Wildman–Crippen LogP) is 5.82. The van der Waals surface area contributed by atoms with Gasteiger partial charge in [-0.25, -0.2) is 9.37 Å². The number of nitrogens with zero attached hydrogens (tertiary/aromatic N) is 3. The van der Waals surface area contributed by atoms with Crippen molar-refractivity contribution < 1.29 is 14.3 Å². The fraction of sp³-hybridized carbons (Fsp3) is 0.323. The summed E-state index contributed by atoms with van der Waals surface area (Å²) in [5.74, 6) is -0.473. The maximum Gasteiger partial charge on any atom is 0.309 e. The Balaban J connectivity index is 1.28. The van der Waals surface area contributed by atoms with Crippen molar-refractivity contribution >= 4 is 5.97 Å². The molecule has 1 aliphatic carbocycles. The maximum atomic E-state index is 15.6. The number of nitrogens with one attached hydrogen (secondary N) is 1. The van der Waals surface area contributed by atoms with E-state index in [4.69, 9.17) is 0 Å². The molecule has 0 radical (unpaired) electrons. The summed E-state index contributed by atoms with van der Waals surface area (Å²) in [6.45, 7) is 6.31. The molecule has 0 saturated carbocycles. The monoisotopic (exact) mass is 512 g/mol. The van der Waals surface area contributed by atoms with Crippen molar-refractivity contribution in [3.8, 4) is 22.5 Å². The van der Waals surface area contributed by atoms with Crippen LogP contribution in [0.5, 0.6) is 0 Å². The average Bonchev–Trinajstić information content (AvgIpc) is 3.54. The third-order valence-corrected chi connectivity index (χ3v) is 7.57. The number of halogens is 1. The number of hydrogen-bond donors (Lipinski definition) is 2. The average molecular weight is 513 g/mol. The van der Waals surface area contributed by atoms with Gasteiger partial charge in [-0.1, -0.05) is 54.6 Å². The number of rotatable bonds is 9. The molecule has 0 aliphatic heterocycles. The molecule has 0 spiro atoms. The first kappa shape index (κ1) is 25.8. The molecule has 3 aromatic carbocycles. The fourth-order valence-electron chi connectivity index (χ4n) is 5.02. The third kappa shape index (κ3) is 5.38. The zero-order valence-electron chi connectivity index (χ0n) is 22.0. The van der Waals surface area contributed by atoms with E-state index in [1.165, 1.54) is 11.1 Å². The number of carboxylic acid groups (broad SMARTS) is 1. The normalized spacial score (nSPS) is 13.6. The Labute approximate surface area is 222 Å². The summed E-state index contributed by atoms with van der Waals surface area (Å²) in [5, 5.41) is 17.4. The van der Waals surface area contributed by atoms with Crippen molar-refractivity contribution in [1.82, 2.24) is 20.1 Å². The van der Waals surface area contributed by atoms with Gasteiger partial charge in [0, 0.05) is 35.8 Å². The van der Waals surface area contributed by atoms with E-state index in [0.29, 0.717) is 42.5 Å². The molecule has 2 N–H and O–H groups in total. The van der Waals surface area contributed by atoms with Gasteiger partial charge in [-0.05, 0) is 68.4 Å². The Morgan fingerprint density at radius 1 is 1.08 bits per heavy atom. The van der Waals surface area contributed by atoms with Crippen LogP contribution in [0.25, 0.3) is 22.5 Å². The van der Waals surface area contributed by atoms with Gasteiger partial charge in [0.05, 0.1) is 5.41 Å². The van der Waals surface area contributed by atoms with Crippen LogP contribution in [-0.4, -0.2) is 31.9 Å². The minimum absolute atomic E-state index is 0.199. The van der Waals surface area contributed by atoms with Crippen LogP contribution in [0.2, 0.25) is 0 Å².